The molecule has 0 radical (unpaired) electrons. The summed E-state index contributed by atoms with van der Waals surface area (Å²) in [5.41, 5.74) is -1.37. The number of ether oxygens (including phenoxy) is 1. The highest BCUT2D eigenvalue weighted by atomic mass is 35.5. The van der Waals surface area contributed by atoms with Crippen LogP contribution in [0.1, 0.15) is 41.9 Å². The highest BCUT2D eigenvalue weighted by Gasteiger charge is 2.38. The molecule has 218 valence electrons. The van der Waals surface area contributed by atoms with Crippen LogP contribution >= 0.6 is 22.9 Å². The summed E-state index contributed by atoms with van der Waals surface area (Å²) in [6.07, 6.45) is -2.68. The second-order valence-corrected chi connectivity index (χ2v) is 12.2. The van der Waals surface area contributed by atoms with Gasteiger partial charge in [0.2, 0.25) is 5.91 Å². The fraction of sp³-hybridized carbons (Fsp3) is 0.519. The molecule has 13 heteroatoms. The third kappa shape index (κ3) is 7.96. The van der Waals surface area contributed by atoms with Gasteiger partial charge in [-0.2, -0.15) is 13.2 Å². The molecule has 1 aromatic heterocycles. The van der Waals surface area contributed by atoms with Crippen molar-refractivity contribution in [2.75, 3.05) is 49.6 Å². The molecule has 0 spiro atoms. The molecule has 1 saturated heterocycles. The lowest BCUT2D eigenvalue weighted by molar-refractivity contribution is -0.137. The third-order valence-corrected chi connectivity index (χ3v) is 7.86. The van der Waals surface area contributed by atoms with Crippen molar-refractivity contribution in [3.05, 3.63) is 45.1 Å². The zero-order valence-corrected chi connectivity index (χ0v) is 23.8. The van der Waals surface area contributed by atoms with Gasteiger partial charge in [0.25, 0.3) is 11.8 Å². The molecule has 4 rings (SSSR count). The topological polar surface area (TPSA) is 91.0 Å². The maximum atomic E-state index is 14.1. The molecule has 1 aromatic carbocycles. The van der Waals surface area contributed by atoms with E-state index in [4.69, 9.17) is 16.3 Å². The van der Waals surface area contributed by atoms with E-state index in [9.17, 15) is 27.6 Å². The van der Waals surface area contributed by atoms with Crippen molar-refractivity contribution in [2.45, 2.75) is 38.9 Å². The number of hydrogen-bond donors (Lipinski definition) is 2. The van der Waals surface area contributed by atoms with Crippen LogP contribution < -0.4 is 15.5 Å². The van der Waals surface area contributed by atoms with Crippen LogP contribution in [0.2, 0.25) is 4.34 Å². The van der Waals surface area contributed by atoms with E-state index >= 15 is 0 Å². The van der Waals surface area contributed by atoms with Gasteiger partial charge in [0, 0.05) is 31.9 Å². The summed E-state index contributed by atoms with van der Waals surface area (Å²) in [6.45, 7) is 5.03. The largest absolute Gasteiger partial charge is 0.418 e. The molecule has 1 aliphatic carbocycles. The Hall–Kier alpha value is -2.67. The van der Waals surface area contributed by atoms with Crippen LogP contribution in [0.4, 0.5) is 24.5 Å². The molecule has 40 heavy (non-hydrogen) atoms. The first kappa shape index (κ1) is 30.3. The van der Waals surface area contributed by atoms with Crippen LogP contribution in [0, 0.1) is 11.8 Å². The molecule has 0 bridgehead atoms. The van der Waals surface area contributed by atoms with Gasteiger partial charge in [0.15, 0.2) is 0 Å². The van der Waals surface area contributed by atoms with E-state index in [0.29, 0.717) is 28.2 Å². The van der Waals surface area contributed by atoms with Gasteiger partial charge in [-0.1, -0.05) is 25.4 Å². The molecule has 2 fully saturated rings. The molecule has 2 N–H and O–H groups in total. The van der Waals surface area contributed by atoms with Gasteiger partial charge in [-0.05, 0) is 55.0 Å². The van der Waals surface area contributed by atoms with Gasteiger partial charge < -0.3 is 20.3 Å². The summed E-state index contributed by atoms with van der Waals surface area (Å²) in [4.78, 5) is 42.0. The number of carbonyl (C=O) groups is 3. The predicted molar refractivity (Wildman–Crippen MR) is 148 cm³/mol. The summed E-state index contributed by atoms with van der Waals surface area (Å²) in [6, 6.07) is 5.75. The number of benzene rings is 1. The van der Waals surface area contributed by atoms with Crippen LogP contribution in [-0.2, 0) is 20.5 Å². The maximum Gasteiger partial charge on any atom is 0.418 e. The van der Waals surface area contributed by atoms with E-state index in [1.165, 1.54) is 12.1 Å². The van der Waals surface area contributed by atoms with Crippen molar-refractivity contribution in [3.8, 4) is 0 Å². The fourth-order valence-electron chi connectivity index (χ4n) is 4.61. The number of carbonyl (C=O) groups excluding carboxylic acids is 3. The van der Waals surface area contributed by atoms with Crippen molar-refractivity contribution < 1.29 is 32.3 Å². The molecule has 2 aromatic rings. The van der Waals surface area contributed by atoms with E-state index in [1.54, 1.807) is 12.1 Å². The molecule has 2 aliphatic rings. The normalized spacial score (nSPS) is 16.9. The number of anilines is 2. The van der Waals surface area contributed by atoms with Gasteiger partial charge in [0.1, 0.15) is 12.6 Å². The Morgan fingerprint density at radius 3 is 2.58 bits per heavy atom. The Kier molecular flexibility index (Phi) is 9.76. The van der Waals surface area contributed by atoms with Gasteiger partial charge in [0.05, 0.1) is 27.1 Å². The fourth-order valence-corrected chi connectivity index (χ4v) is 5.56. The van der Waals surface area contributed by atoms with Gasteiger partial charge in [-0.25, -0.2) is 0 Å². The predicted octanol–water partition coefficient (Wildman–Crippen LogP) is 4.89. The first-order valence-corrected chi connectivity index (χ1v) is 14.3. The van der Waals surface area contributed by atoms with Crippen molar-refractivity contribution >= 4 is 52.0 Å². The minimum atomic E-state index is -4.76. The van der Waals surface area contributed by atoms with Crippen molar-refractivity contribution in [1.29, 1.82) is 0 Å². The van der Waals surface area contributed by atoms with E-state index in [0.717, 1.165) is 35.1 Å². The van der Waals surface area contributed by atoms with Crippen LogP contribution in [0.15, 0.2) is 30.3 Å². The lowest BCUT2D eigenvalue weighted by Gasteiger charge is -2.32. The summed E-state index contributed by atoms with van der Waals surface area (Å²) < 4.78 is 47.7. The number of morpholine rings is 1. The van der Waals surface area contributed by atoms with E-state index in [1.807, 2.05) is 18.7 Å². The van der Waals surface area contributed by atoms with E-state index in [-0.39, 0.29) is 49.5 Å². The first-order valence-electron chi connectivity index (χ1n) is 13.1. The van der Waals surface area contributed by atoms with Gasteiger partial charge in [-0.15, -0.1) is 11.3 Å². The highest BCUT2D eigenvalue weighted by molar-refractivity contribution is 7.18. The number of amides is 3. The lowest BCUT2D eigenvalue weighted by Crippen LogP contribution is -2.52. The van der Waals surface area contributed by atoms with E-state index in [2.05, 4.69) is 10.6 Å². The summed E-state index contributed by atoms with van der Waals surface area (Å²) >= 11 is 7.06. The molecule has 1 aliphatic heterocycles. The molecule has 8 nitrogen and oxygen atoms in total. The van der Waals surface area contributed by atoms with E-state index < -0.39 is 29.6 Å². The number of nitrogens with zero attached hydrogens (tertiary/aromatic N) is 2. The Morgan fingerprint density at radius 2 is 1.98 bits per heavy atom. The summed E-state index contributed by atoms with van der Waals surface area (Å²) in [7, 11) is 0. The van der Waals surface area contributed by atoms with Crippen LogP contribution in [0.3, 0.4) is 0 Å². The second kappa shape index (κ2) is 12.9. The standard InChI is InChI=1S/C27H32ClF3N4O4S/c1-16(2)13-34(14-17-3-4-17)21(12-32-26(38)22-7-8-23(28)40-22)25(37)33-18-5-6-20(19(11-18)27(29,30)31)35-9-10-39-15-24(35)36/h5-8,11,16-17,21H,3-4,9-10,12-15H2,1-2H3,(H,32,38)(H,33,37)/t21-/m0/s1. The smallest absolute Gasteiger partial charge is 0.370 e. The van der Waals surface area contributed by atoms with Crippen LogP contribution in [0.5, 0.6) is 0 Å². The average molecular weight is 601 g/mol. The number of nitrogens with one attached hydrogen (secondary N) is 2. The molecule has 0 unspecified atom stereocenters. The zero-order chi connectivity index (χ0) is 29.0. The SMILES string of the molecule is CC(C)CN(CC1CC1)[C@@H](CNC(=O)c1ccc(Cl)s1)C(=O)Nc1ccc(N2CCOCC2=O)c(C(F)(F)F)c1. The first-order chi connectivity index (χ1) is 18.9. The minimum Gasteiger partial charge on any atom is -0.370 e. The second-order valence-electron chi connectivity index (χ2n) is 10.4. The Balaban J connectivity index is 1.57. The van der Waals surface area contributed by atoms with Crippen LogP contribution in [-0.4, -0.2) is 68.1 Å². The monoisotopic (exact) mass is 600 g/mol. The summed E-state index contributed by atoms with van der Waals surface area (Å²) in [5.74, 6) is -0.842. The molecular formula is C27H32ClF3N4O4S. The molecule has 2 heterocycles. The molecule has 3 amide bonds. The lowest BCUT2D eigenvalue weighted by atomic mass is 10.1. The Morgan fingerprint density at radius 1 is 1.23 bits per heavy atom. The minimum absolute atomic E-state index is 0.00380. The molecule has 1 atom stereocenters. The van der Waals surface area contributed by atoms with Crippen molar-refractivity contribution in [2.24, 2.45) is 11.8 Å². The van der Waals surface area contributed by atoms with Crippen molar-refractivity contribution in [1.82, 2.24) is 10.2 Å². The highest BCUT2D eigenvalue weighted by Crippen LogP contribution is 2.39. The van der Waals surface area contributed by atoms with Gasteiger partial charge in [-0.3, -0.25) is 19.3 Å². The van der Waals surface area contributed by atoms with Crippen LogP contribution in [0.25, 0.3) is 0 Å². The average Bonchev–Trinajstić information content (AvgIpc) is 3.59. The molecular weight excluding hydrogens is 569 g/mol. The number of alkyl halides is 3. The number of thiophene rings is 1. The number of halogens is 4. The zero-order valence-electron chi connectivity index (χ0n) is 22.2. The summed E-state index contributed by atoms with van der Waals surface area (Å²) in [5, 5.41) is 5.43. The third-order valence-electron chi connectivity index (χ3n) is 6.63. The van der Waals surface area contributed by atoms with Gasteiger partial charge >= 0.3 is 6.18 Å². The Labute approximate surface area is 239 Å². The quantitative estimate of drug-likeness (QED) is 0.383. The number of hydrogen-bond acceptors (Lipinski definition) is 6. The van der Waals surface area contributed by atoms with Crippen molar-refractivity contribution in [3.63, 3.8) is 0 Å². The maximum absolute atomic E-state index is 14.1. The number of rotatable bonds is 11. The Bertz CT molecular complexity index is 1230. The molecule has 1 saturated carbocycles.